The predicted octanol–water partition coefficient (Wildman–Crippen LogP) is 3.34. The number of fused-ring (bicyclic) bond motifs is 1. The molecule has 6 nitrogen and oxygen atoms in total. The number of ether oxygens (including phenoxy) is 5. The van der Waals surface area contributed by atoms with E-state index in [9.17, 15) is 4.79 Å². The molecule has 0 bridgehead atoms. The molecule has 0 amide bonds. The number of hydrogen-bond donors (Lipinski definition) is 0. The van der Waals surface area contributed by atoms with Gasteiger partial charge < -0.3 is 23.7 Å². The van der Waals surface area contributed by atoms with Gasteiger partial charge in [-0.15, -0.1) is 0 Å². The van der Waals surface area contributed by atoms with Gasteiger partial charge in [0.1, 0.15) is 11.5 Å². The summed E-state index contributed by atoms with van der Waals surface area (Å²) >= 11 is 0. The standard InChI is InChI=1S/C19H18O6/c1-21-12-5-6-13-14(10-12)25-15(18(13)20)7-11-8-16(22-2)19(24-4)17(9-11)23-3/h5-10H,1-4H3. The van der Waals surface area contributed by atoms with Gasteiger partial charge in [0.2, 0.25) is 11.5 Å². The van der Waals surface area contributed by atoms with E-state index in [1.807, 2.05) is 0 Å². The summed E-state index contributed by atoms with van der Waals surface area (Å²) in [6.07, 6.45) is 1.64. The van der Waals surface area contributed by atoms with E-state index in [1.54, 1.807) is 43.5 Å². The van der Waals surface area contributed by atoms with Crippen LogP contribution in [0.2, 0.25) is 0 Å². The van der Waals surface area contributed by atoms with Crippen LogP contribution < -0.4 is 23.7 Å². The summed E-state index contributed by atoms with van der Waals surface area (Å²) < 4.78 is 26.8. The van der Waals surface area contributed by atoms with Crippen molar-refractivity contribution in [2.75, 3.05) is 28.4 Å². The molecule has 2 aromatic rings. The van der Waals surface area contributed by atoms with Crippen molar-refractivity contribution in [1.82, 2.24) is 0 Å². The molecular weight excluding hydrogens is 324 g/mol. The number of carbonyl (C=O) groups is 1. The SMILES string of the molecule is COc1ccc2c(c1)OC(=Cc1cc(OC)c(OC)c(OC)c1)C2=O. The number of carbonyl (C=O) groups excluding carboxylic acids is 1. The summed E-state index contributed by atoms with van der Waals surface area (Å²) in [6.45, 7) is 0. The largest absolute Gasteiger partial charge is 0.497 e. The van der Waals surface area contributed by atoms with Crippen LogP contribution in [0, 0.1) is 0 Å². The molecule has 0 N–H and O–H groups in total. The Bertz CT molecular complexity index is 828. The van der Waals surface area contributed by atoms with Crippen molar-refractivity contribution in [3.05, 3.63) is 47.2 Å². The minimum Gasteiger partial charge on any atom is -0.497 e. The van der Waals surface area contributed by atoms with Gasteiger partial charge in [0.25, 0.3) is 0 Å². The highest BCUT2D eigenvalue weighted by atomic mass is 16.5. The monoisotopic (exact) mass is 342 g/mol. The molecule has 0 atom stereocenters. The van der Waals surface area contributed by atoms with E-state index in [4.69, 9.17) is 23.7 Å². The maximum atomic E-state index is 12.5. The third kappa shape index (κ3) is 2.98. The van der Waals surface area contributed by atoms with E-state index in [1.165, 1.54) is 21.3 Å². The summed E-state index contributed by atoms with van der Waals surface area (Å²) in [4.78, 5) is 12.5. The van der Waals surface area contributed by atoms with E-state index in [-0.39, 0.29) is 11.5 Å². The van der Waals surface area contributed by atoms with E-state index in [2.05, 4.69) is 0 Å². The molecule has 25 heavy (non-hydrogen) atoms. The summed E-state index contributed by atoms with van der Waals surface area (Å²) in [6, 6.07) is 8.58. The van der Waals surface area contributed by atoms with Crippen molar-refractivity contribution in [3.8, 4) is 28.7 Å². The molecule has 1 heterocycles. The second kappa shape index (κ2) is 6.76. The van der Waals surface area contributed by atoms with Crippen molar-refractivity contribution in [2.24, 2.45) is 0 Å². The highest BCUT2D eigenvalue weighted by Crippen LogP contribution is 2.40. The average Bonchev–Trinajstić information content (AvgIpc) is 2.95. The smallest absolute Gasteiger partial charge is 0.231 e. The summed E-state index contributed by atoms with van der Waals surface area (Å²) in [7, 11) is 6.17. The highest BCUT2D eigenvalue weighted by Gasteiger charge is 2.28. The maximum absolute atomic E-state index is 12.5. The fraction of sp³-hybridized carbons (Fsp3) is 0.211. The molecule has 0 saturated heterocycles. The van der Waals surface area contributed by atoms with Crippen LogP contribution in [-0.2, 0) is 0 Å². The number of allylic oxidation sites excluding steroid dienone is 1. The summed E-state index contributed by atoms with van der Waals surface area (Å²) in [5, 5.41) is 0. The number of rotatable bonds is 5. The molecule has 0 aromatic heterocycles. The fourth-order valence-electron chi connectivity index (χ4n) is 2.63. The lowest BCUT2D eigenvalue weighted by atomic mass is 10.1. The highest BCUT2D eigenvalue weighted by molar-refractivity contribution is 6.14. The molecule has 0 aliphatic carbocycles. The van der Waals surface area contributed by atoms with Gasteiger partial charge in [0, 0.05) is 6.07 Å². The minimum absolute atomic E-state index is 0.189. The number of ketones is 1. The van der Waals surface area contributed by atoms with Crippen molar-refractivity contribution < 1.29 is 28.5 Å². The Balaban J connectivity index is 2.00. The Morgan fingerprint density at radius 3 is 2.12 bits per heavy atom. The molecule has 130 valence electrons. The quantitative estimate of drug-likeness (QED) is 0.777. The predicted molar refractivity (Wildman–Crippen MR) is 92.0 cm³/mol. The zero-order valence-electron chi connectivity index (χ0n) is 14.4. The molecule has 3 rings (SSSR count). The molecule has 2 aromatic carbocycles. The van der Waals surface area contributed by atoms with Crippen LogP contribution in [0.3, 0.4) is 0 Å². The lowest BCUT2D eigenvalue weighted by molar-refractivity contribution is 0.101. The van der Waals surface area contributed by atoms with E-state index in [0.717, 1.165) is 0 Å². The number of benzene rings is 2. The summed E-state index contributed by atoms with van der Waals surface area (Å²) in [5.41, 5.74) is 1.19. The van der Waals surface area contributed by atoms with Crippen LogP contribution >= 0.6 is 0 Å². The van der Waals surface area contributed by atoms with Crippen molar-refractivity contribution in [3.63, 3.8) is 0 Å². The van der Waals surface area contributed by atoms with Crippen LogP contribution in [-0.4, -0.2) is 34.2 Å². The normalized spacial score (nSPS) is 14.1. The van der Waals surface area contributed by atoms with Gasteiger partial charge in [-0.3, -0.25) is 4.79 Å². The summed E-state index contributed by atoms with van der Waals surface area (Å²) in [5.74, 6) is 2.61. The van der Waals surface area contributed by atoms with Gasteiger partial charge >= 0.3 is 0 Å². The number of hydrogen-bond acceptors (Lipinski definition) is 6. The Morgan fingerprint density at radius 1 is 0.880 bits per heavy atom. The molecule has 0 spiro atoms. The second-order valence-electron chi connectivity index (χ2n) is 5.26. The lowest BCUT2D eigenvalue weighted by Gasteiger charge is -2.13. The molecule has 0 radical (unpaired) electrons. The van der Waals surface area contributed by atoms with Crippen molar-refractivity contribution in [2.45, 2.75) is 0 Å². The zero-order chi connectivity index (χ0) is 18.0. The van der Waals surface area contributed by atoms with Gasteiger partial charge in [-0.2, -0.15) is 0 Å². The first-order valence-corrected chi connectivity index (χ1v) is 7.53. The first-order valence-electron chi connectivity index (χ1n) is 7.53. The second-order valence-corrected chi connectivity index (χ2v) is 5.26. The van der Waals surface area contributed by atoms with Crippen LogP contribution in [0.15, 0.2) is 36.1 Å². The third-order valence-corrected chi connectivity index (χ3v) is 3.86. The molecule has 0 unspecified atom stereocenters. The number of methoxy groups -OCH3 is 4. The topological polar surface area (TPSA) is 63.2 Å². The van der Waals surface area contributed by atoms with Crippen LogP contribution in [0.25, 0.3) is 6.08 Å². The molecule has 1 aliphatic heterocycles. The van der Waals surface area contributed by atoms with Crippen LogP contribution in [0.1, 0.15) is 15.9 Å². The molecule has 0 fully saturated rings. The Kier molecular flexibility index (Phi) is 4.52. The molecule has 6 heteroatoms. The van der Waals surface area contributed by atoms with E-state index in [0.29, 0.717) is 39.9 Å². The van der Waals surface area contributed by atoms with Crippen molar-refractivity contribution >= 4 is 11.9 Å². The van der Waals surface area contributed by atoms with Gasteiger partial charge in [-0.05, 0) is 35.9 Å². The van der Waals surface area contributed by atoms with E-state index < -0.39 is 0 Å². The zero-order valence-corrected chi connectivity index (χ0v) is 14.4. The Hall–Kier alpha value is -3.15. The van der Waals surface area contributed by atoms with E-state index >= 15 is 0 Å². The third-order valence-electron chi connectivity index (χ3n) is 3.86. The van der Waals surface area contributed by atoms with Crippen LogP contribution in [0.5, 0.6) is 28.7 Å². The van der Waals surface area contributed by atoms with Gasteiger partial charge in [-0.1, -0.05) is 0 Å². The van der Waals surface area contributed by atoms with Gasteiger partial charge in [0.15, 0.2) is 17.3 Å². The van der Waals surface area contributed by atoms with Crippen LogP contribution in [0.4, 0.5) is 0 Å². The maximum Gasteiger partial charge on any atom is 0.231 e. The fourth-order valence-corrected chi connectivity index (χ4v) is 2.63. The average molecular weight is 342 g/mol. The van der Waals surface area contributed by atoms with Gasteiger partial charge in [-0.25, -0.2) is 0 Å². The van der Waals surface area contributed by atoms with Crippen molar-refractivity contribution in [1.29, 1.82) is 0 Å². The number of Topliss-reactive ketones (excluding diaryl/α,β-unsaturated/α-hetero) is 1. The van der Waals surface area contributed by atoms with Gasteiger partial charge in [0.05, 0.1) is 34.0 Å². The minimum atomic E-state index is -0.189. The molecular formula is C19H18O6. The first-order chi connectivity index (χ1) is 12.1. The Morgan fingerprint density at radius 2 is 1.56 bits per heavy atom. The lowest BCUT2D eigenvalue weighted by Crippen LogP contribution is -1.99. The first kappa shape index (κ1) is 16.7. The Labute approximate surface area is 145 Å². The molecule has 0 saturated carbocycles. The molecule has 1 aliphatic rings.